The van der Waals surface area contributed by atoms with Gasteiger partial charge in [0.15, 0.2) is 0 Å². The molecule has 3 fully saturated rings. The minimum Gasteiger partial charge on any atom is -0.481 e. The summed E-state index contributed by atoms with van der Waals surface area (Å²) in [7, 11) is 0. The molecule has 3 saturated carbocycles. The summed E-state index contributed by atoms with van der Waals surface area (Å²) in [6, 6.07) is 0. The lowest BCUT2D eigenvalue weighted by Crippen LogP contribution is -2.39. The van der Waals surface area contributed by atoms with Crippen molar-refractivity contribution in [3.8, 4) is 0 Å². The molecular weight excluding hydrogens is 268 g/mol. The van der Waals surface area contributed by atoms with Gasteiger partial charge in [0.05, 0.1) is 5.92 Å². The van der Waals surface area contributed by atoms with E-state index in [2.05, 4.69) is 0 Å². The Morgan fingerprint density at radius 1 is 1.00 bits per heavy atom. The van der Waals surface area contributed by atoms with Crippen molar-refractivity contribution in [2.75, 3.05) is 0 Å². The lowest BCUT2D eigenvalue weighted by atomic mass is 9.58. The van der Waals surface area contributed by atoms with E-state index in [0.717, 1.165) is 18.3 Å². The van der Waals surface area contributed by atoms with Gasteiger partial charge in [-0.05, 0) is 42.4 Å². The second kappa shape index (κ2) is 5.98. The van der Waals surface area contributed by atoms with E-state index in [1.807, 2.05) is 0 Å². The molecule has 4 heteroatoms. The molecule has 3 aliphatic rings. The first-order chi connectivity index (χ1) is 10.1. The van der Waals surface area contributed by atoms with Crippen molar-refractivity contribution in [1.29, 1.82) is 0 Å². The molecule has 3 atom stereocenters. The van der Waals surface area contributed by atoms with Gasteiger partial charge in [-0.1, -0.05) is 38.5 Å². The summed E-state index contributed by atoms with van der Waals surface area (Å²) in [4.78, 5) is 22.2. The zero-order chi connectivity index (χ0) is 15.0. The number of carbonyl (C=O) groups is 2. The van der Waals surface area contributed by atoms with Gasteiger partial charge in [-0.25, -0.2) is 0 Å². The smallest absolute Gasteiger partial charge is 0.306 e. The maximum absolute atomic E-state index is 11.2. The quantitative estimate of drug-likeness (QED) is 0.787. The molecule has 0 spiro atoms. The summed E-state index contributed by atoms with van der Waals surface area (Å²) in [5.41, 5.74) is 0. The molecule has 0 radical (unpaired) electrons. The molecule has 2 N–H and O–H groups in total. The maximum Gasteiger partial charge on any atom is 0.306 e. The van der Waals surface area contributed by atoms with E-state index < -0.39 is 11.9 Å². The van der Waals surface area contributed by atoms with Crippen LogP contribution in [0.1, 0.15) is 57.8 Å². The predicted octanol–water partition coefficient (Wildman–Crippen LogP) is 3.40. The summed E-state index contributed by atoms with van der Waals surface area (Å²) < 4.78 is 0. The van der Waals surface area contributed by atoms with Crippen molar-refractivity contribution in [3.63, 3.8) is 0 Å². The molecule has 21 heavy (non-hydrogen) atoms. The van der Waals surface area contributed by atoms with Gasteiger partial charge in [-0.15, -0.1) is 0 Å². The third-order valence-electron chi connectivity index (χ3n) is 6.28. The molecule has 3 unspecified atom stereocenters. The number of aliphatic carboxylic acids is 2. The first-order valence-corrected chi connectivity index (χ1v) is 8.52. The van der Waals surface area contributed by atoms with Gasteiger partial charge in [0.25, 0.3) is 0 Å². The SMILES string of the molecule is O=C(O)CCC(C1CC1C(=O)O)C1C2CCCC1CCC2. The van der Waals surface area contributed by atoms with Crippen molar-refractivity contribution >= 4 is 11.9 Å². The van der Waals surface area contributed by atoms with Crippen molar-refractivity contribution in [1.82, 2.24) is 0 Å². The van der Waals surface area contributed by atoms with Gasteiger partial charge in [0, 0.05) is 6.42 Å². The summed E-state index contributed by atoms with van der Waals surface area (Å²) >= 11 is 0. The summed E-state index contributed by atoms with van der Waals surface area (Å²) in [6.07, 6.45) is 9.37. The van der Waals surface area contributed by atoms with Crippen LogP contribution in [0.3, 0.4) is 0 Å². The van der Waals surface area contributed by atoms with Crippen molar-refractivity contribution in [2.45, 2.75) is 57.8 Å². The highest BCUT2D eigenvalue weighted by Crippen LogP contribution is 2.57. The van der Waals surface area contributed by atoms with E-state index in [0.29, 0.717) is 18.3 Å². The van der Waals surface area contributed by atoms with Gasteiger partial charge in [-0.3, -0.25) is 9.59 Å². The van der Waals surface area contributed by atoms with Crippen LogP contribution in [0.4, 0.5) is 0 Å². The first kappa shape index (κ1) is 14.9. The van der Waals surface area contributed by atoms with Gasteiger partial charge in [-0.2, -0.15) is 0 Å². The predicted molar refractivity (Wildman–Crippen MR) is 77.8 cm³/mol. The average molecular weight is 294 g/mol. The third-order valence-corrected chi connectivity index (χ3v) is 6.28. The zero-order valence-electron chi connectivity index (χ0n) is 12.5. The third kappa shape index (κ3) is 3.09. The van der Waals surface area contributed by atoms with Crippen molar-refractivity contribution < 1.29 is 19.8 Å². The van der Waals surface area contributed by atoms with Gasteiger partial charge >= 0.3 is 11.9 Å². The second-order valence-electron chi connectivity index (χ2n) is 7.40. The Bertz CT molecular complexity index is 397. The largest absolute Gasteiger partial charge is 0.481 e. The van der Waals surface area contributed by atoms with E-state index in [1.165, 1.54) is 38.5 Å². The Hall–Kier alpha value is -1.06. The molecule has 0 aliphatic heterocycles. The zero-order valence-corrected chi connectivity index (χ0v) is 12.5. The van der Waals surface area contributed by atoms with Crippen LogP contribution in [-0.4, -0.2) is 22.2 Å². The molecule has 0 heterocycles. The van der Waals surface area contributed by atoms with Crippen LogP contribution in [0.5, 0.6) is 0 Å². The summed E-state index contributed by atoms with van der Waals surface area (Å²) in [6.45, 7) is 0. The van der Waals surface area contributed by atoms with Crippen LogP contribution in [0.15, 0.2) is 0 Å². The van der Waals surface area contributed by atoms with E-state index >= 15 is 0 Å². The van der Waals surface area contributed by atoms with Gasteiger partial charge in [0.2, 0.25) is 0 Å². The highest BCUT2D eigenvalue weighted by molar-refractivity contribution is 5.73. The fraction of sp³-hybridized carbons (Fsp3) is 0.882. The molecule has 4 nitrogen and oxygen atoms in total. The fourth-order valence-corrected chi connectivity index (χ4v) is 5.38. The molecule has 3 aliphatic carbocycles. The molecule has 0 aromatic carbocycles. The number of fused-ring (bicyclic) bond motifs is 2. The normalized spacial score (nSPS) is 39.5. The Morgan fingerprint density at radius 3 is 2.00 bits per heavy atom. The number of rotatable bonds is 6. The summed E-state index contributed by atoms with van der Waals surface area (Å²) in [5.74, 6) is 1.01. The van der Waals surface area contributed by atoms with E-state index in [4.69, 9.17) is 5.11 Å². The molecule has 0 saturated heterocycles. The van der Waals surface area contributed by atoms with Crippen LogP contribution in [-0.2, 0) is 9.59 Å². The molecular formula is C17H26O4. The Morgan fingerprint density at radius 2 is 1.57 bits per heavy atom. The average Bonchev–Trinajstić information content (AvgIpc) is 3.19. The molecule has 0 aromatic rings. The molecule has 118 valence electrons. The molecule has 0 amide bonds. The lowest BCUT2D eigenvalue weighted by molar-refractivity contribution is -0.139. The number of hydrogen-bond acceptors (Lipinski definition) is 2. The Kier molecular flexibility index (Phi) is 4.23. The van der Waals surface area contributed by atoms with E-state index in [-0.39, 0.29) is 18.3 Å². The van der Waals surface area contributed by atoms with Crippen LogP contribution in [0.2, 0.25) is 0 Å². The Balaban J connectivity index is 1.74. The van der Waals surface area contributed by atoms with Gasteiger partial charge in [0.1, 0.15) is 0 Å². The number of carboxylic acids is 2. The monoisotopic (exact) mass is 294 g/mol. The molecule has 3 rings (SSSR count). The highest BCUT2D eigenvalue weighted by Gasteiger charge is 2.53. The Labute approximate surface area is 125 Å². The standard InChI is InChI=1S/C17H26O4/c18-15(19)8-7-12(13-9-14(13)17(20)21)16-10-3-1-4-11(16)6-2-5-10/h10-14,16H,1-9H2,(H,18,19)(H,20,21). The number of carboxylic acid groups (broad SMARTS) is 2. The second-order valence-corrected chi connectivity index (χ2v) is 7.40. The fourth-order valence-electron chi connectivity index (χ4n) is 5.38. The summed E-state index contributed by atoms with van der Waals surface area (Å²) in [5, 5.41) is 18.3. The molecule has 2 bridgehead atoms. The lowest BCUT2D eigenvalue weighted by Gasteiger charge is -2.47. The minimum absolute atomic E-state index is 0.198. The highest BCUT2D eigenvalue weighted by atomic mass is 16.4. The maximum atomic E-state index is 11.2. The number of hydrogen-bond donors (Lipinski definition) is 2. The topological polar surface area (TPSA) is 74.6 Å². The van der Waals surface area contributed by atoms with Crippen molar-refractivity contribution in [3.05, 3.63) is 0 Å². The molecule has 0 aromatic heterocycles. The van der Waals surface area contributed by atoms with Gasteiger partial charge < -0.3 is 10.2 Å². The van der Waals surface area contributed by atoms with Crippen LogP contribution in [0, 0.1) is 35.5 Å². The minimum atomic E-state index is -0.742. The van der Waals surface area contributed by atoms with Crippen LogP contribution in [0.25, 0.3) is 0 Å². The van der Waals surface area contributed by atoms with E-state index in [1.54, 1.807) is 0 Å². The first-order valence-electron chi connectivity index (χ1n) is 8.52. The van der Waals surface area contributed by atoms with Crippen LogP contribution >= 0.6 is 0 Å². The van der Waals surface area contributed by atoms with E-state index in [9.17, 15) is 14.7 Å². The van der Waals surface area contributed by atoms with Crippen LogP contribution < -0.4 is 0 Å². The van der Waals surface area contributed by atoms with Crippen molar-refractivity contribution in [2.24, 2.45) is 35.5 Å².